The second-order valence-corrected chi connectivity index (χ2v) is 10.1. The van der Waals surface area contributed by atoms with Crippen molar-refractivity contribution in [2.75, 3.05) is 11.8 Å². The zero-order valence-corrected chi connectivity index (χ0v) is 20.9. The maximum atomic E-state index is 13.5. The molecule has 3 aromatic carbocycles. The molecule has 0 aliphatic carbocycles. The van der Waals surface area contributed by atoms with Gasteiger partial charge in [-0.15, -0.1) is 0 Å². The van der Waals surface area contributed by atoms with Crippen molar-refractivity contribution in [1.29, 1.82) is 0 Å². The minimum atomic E-state index is -3.83. The molecular weight excluding hydrogens is 521 g/mol. The molecule has 0 atom stereocenters. The predicted octanol–water partition coefficient (Wildman–Crippen LogP) is 5.25. The number of halogens is 2. The van der Waals surface area contributed by atoms with E-state index in [9.17, 15) is 12.8 Å². The van der Waals surface area contributed by atoms with Crippen molar-refractivity contribution in [3.05, 3.63) is 95.7 Å². The van der Waals surface area contributed by atoms with Gasteiger partial charge < -0.3 is 13.8 Å². The first-order chi connectivity index (χ1) is 17.8. The summed E-state index contributed by atoms with van der Waals surface area (Å²) < 4.78 is 53.6. The number of imidazole rings is 1. The Labute approximate surface area is 216 Å². The second-order valence-electron chi connectivity index (χ2n) is 7.96. The minimum Gasteiger partial charge on any atom is -0.495 e. The number of hydrogen-bond acceptors (Lipinski definition) is 7. The zero-order chi connectivity index (χ0) is 26.0. The van der Waals surface area contributed by atoms with Gasteiger partial charge in [0.2, 0.25) is 5.82 Å². The van der Waals surface area contributed by atoms with E-state index in [2.05, 4.69) is 19.8 Å². The van der Waals surface area contributed by atoms with Gasteiger partial charge in [-0.25, -0.2) is 17.8 Å². The molecule has 9 nitrogen and oxygen atoms in total. The van der Waals surface area contributed by atoms with Crippen LogP contribution in [0.5, 0.6) is 5.75 Å². The molecule has 0 fully saturated rings. The summed E-state index contributed by atoms with van der Waals surface area (Å²) in [6, 6.07) is 17.1. The Kier molecular flexibility index (Phi) is 6.64. The van der Waals surface area contributed by atoms with Gasteiger partial charge in [-0.2, -0.15) is 4.98 Å². The van der Waals surface area contributed by atoms with Crippen LogP contribution >= 0.6 is 11.6 Å². The molecule has 5 rings (SSSR count). The monoisotopic (exact) mass is 539 g/mol. The van der Waals surface area contributed by atoms with Gasteiger partial charge in [0, 0.05) is 24.0 Å². The van der Waals surface area contributed by atoms with E-state index in [1.54, 1.807) is 48.9 Å². The smallest absolute Gasteiger partial charge is 0.278 e. The average Bonchev–Trinajstić information content (AvgIpc) is 3.55. The molecule has 188 valence electrons. The number of nitrogens with zero attached hydrogens (tertiary/aromatic N) is 4. The molecule has 0 saturated heterocycles. The molecule has 0 aliphatic heterocycles. The normalized spacial score (nSPS) is 11.4. The highest BCUT2D eigenvalue weighted by Crippen LogP contribution is 2.28. The number of benzene rings is 3. The fourth-order valence-corrected chi connectivity index (χ4v) is 4.95. The van der Waals surface area contributed by atoms with Crippen LogP contribution in [0.15, 0.2) is 88.7 Å². The van der Waals surface area contributed by atoms with Crippen molar-refractivity contribution < 1.29 is 22.1 Å². The first-order valence-corrected chi connectivity index (χ1v) is 12.7. The largest absolute Gasteiger partial charge is 0.495 e. The number of ether oxygens (including phenoxy) is 1. The van der Waals surface area contributed by atoms with Gasteiger partial charge in [-0.05, 0) is 48.0 Å². The Balaban J connectivity index is 1.25. The van der Waals surface area contributed by atoms with E-state index < -0.39 is 15.8 Å². The standard InChI is InChI=1S/C25H19ClFN5O4S/c1-35-23-10-9-20(12-21(23)26)37(33,34)31-19-7-5-16(6-8-19)13-32-14-22(28-15-32)25-29-24(30-36-25)17-3-2-4-18(27)11-17/h2-12,14-15,31H,13H2,1H3. The van der Waals surface area contributed by atoms with E-state index in [1.165, 1.54) is 37.4 Å². The lowest BCUT2D eigenvalue weighted by molar-refractivity contribution is 0.414. The minimum absolute atomic E-state index is 0.0231. The van der Waals surface area contributed by atoms with Crippen molar-refractivity contribution in [3.8, 4) is 28.7 Å². The Morgan fingerprint density at radius 1 is 1.11 bits per heavy atom. The van der Waals surface area contributed by atoms with Crippen molar-refractivity contribution in [2.24, 2.45) is 0 Å². The molecule has 0 saturated carbocycles. The van der Waals surface area contributed by atoms with E-state index in [4.69, 9.17) is 20.9 Å². The topological polar surface area (TPSA) is 112 Å². The van der Waals surface area contributed by atoms with Crippen LogP contribution in [0.25, 0.3) is 23.0 Å². The van der Waals surface area contributed by atoms with Gasteiger partial charge in [0.25, 0.3) is 15.9 Å². The highest BCUT2D eigenvalue weighted by Gasteiger charge is 2.17. The lowest BCUT2D eigenvalue weighted by Gasteiger charge is -2.10. The number of methoxy groups -OCH3 is 1. The third kappa shape index (κ3) is 5.47. The molecule has 2 aromatic heterocycles. The summed E-state index contributed by atoms with van der Waals surface area (Å²) >= 11 is 6.06. The van der Waals surface area contributed by atoms with Crippen LogP contribution < -0.4 is 9.46 Å². The molecule has 0 bridgehead atoms. The molecule has 1 N–H and O–H groups in total. The van der Waals surface area contributed by atoms with Gasteiger partial charge in [-0.1, -0.05) is 41.0 Å². The Hall–Kier alpha value is -4.22. The van der Waals surface area contributed by atoms with Crippen LogP contribution in [0.4, 0.5) is 10.1 Å². The summed E-state index contributed by atoms with van der Waals surface area (Å²) in [5, 5.41) is 4.10. The molecule has 0 radical (unpaired) electrons. The molecule has 0 spiro atoms. The maximum absolute atomic E-state index is 13.5. The van der Waals surface area contributed by atoms with E-state index in [1.807, 2.05) is 4.57 Å². The van der Waals surface area contributed by atoms with Crippen LogP contribution in [0.3, 0.4) is 0 Å². The number of hydrogen-bond donors (Lipinski definition) is 1. The van der Waals surface area contributed by atoms with E-state index in [-0.39, 0.29) is 21.6 Å². The van der Waals surface area contributed by atoms with Gasteiger partial charge in [-0.3, -0.25) is 4.72 Å². The van der Waals surface area contributed by atoms with Crippen LogP contribution in [-0.2, 0) is 16.6 Å². The first kappa shape index (κ1) is 24.5. The molecule has 5 aromatic rings. The van der Waals surface area contributed by atoms with Crippen LogP contribution in [0.2, 0.25) is 5.02 Å². The van der Waals surface area contributed by atoms with Gasteiger partial charge in [0.15, 0.2) is 0 Å². The lowest BCUT2D eigenvalue weighted by atomic mass is 10.2. The van der Waals surface area contributed by atoms with Crippen molar-refractivity contribution in [2.45, 2.75) is 11.4 Å². The number of anilines is 1. The Morgan fingerprint density at radius 3 is 2.65 bits per heavy atom. The van der Waals surface area contributed by atoms with Crippen molar-refractivity contribution in [1.82, 2.24) is 19.7 Å². The SMILES string of the molecule is COc1ccc(S(=O)(=O)Nc2ccc(Cn3cnc(-c4nc(-c5cccc(F)c5)no4)c3)cc2)cc1Cl. The third-order valence-electron chi connectivity index (χ3n) is 5.37. The summed E-state index contributed by atoms with van der Waals surface area (Å²) in [5.41, 5.74) is 2.28. The van der Waals surface area contributed by atoms with E-state index >= 15 is 0 Å². The molecule has 37 heavy (non-hydrogen) atoms. The Bertz CT molecular complexity index is 1670. The molecule has 0 amide bonds. The highest BCUT2D eigenvalue weighted by molar-refractivity contribution is 7.92. The number of sulfonamides is 1. The molecule has 2 heterocycles. The Morgan fingerprint density at radius 2 is 1.92 bits per heavy atom. The van der Waals surface area contributed by atoms with Gasteiger partial charge in [0.1, 0.15) is 17.3 Å². The summed E-state index contributed by atoms with van der Waals surface area (Å²) in [7, 11) is -2.38. The summed E-state index contributed by atoms with van der Waals surface area (Å²) in [5.74, 6) is 0.469. The molecule has 12 heteroatoms. The van der Waals surface area contributed by atoms with Crippen LogP contribution in [0.1, 0.15) is 5.56 Å². The number of aromatic nitrogens is 4. The fraction of sp³-hybridized carbons (Fsp3) is 0.0800. The van der Waals surface area contributed by atoms with Crippen molar-refractivity contribution >= 4 is 27.3 Å². The second kappa shape index (κ2) is 10.0. The highest BCUT2D eigenvalue weighted by atomic mass is 35.5. The van der Waals surface area contributed by atoms with E-state index in [0.717, 1.165) is 5.56 Å². The third-order valence-corrected chi connectivity index (χ3v) is 7.04. The first-order valence-electron chi connectivity index (χ1n) is 10.9. The van der Waals surface area contributed by atoms with Gasteiger partial charge in [0.05, 0.1) is 23.4 Å². The zero-order valence-electron chi connectivity index (χ0n) is 19.3. The van der Waals surface area contributed by atoms with E-state index in [0.29, 0.717) is 29.2 Å². The van der Waals surface area contributed by atoms with Crippen LogP contribution in [-0.4, -0.2) is 35.2 Å². The summed E-state index contributed by atoms with van der Waals surface area (Å²) in [6.07, 6.45) is 3.36. The molecule has 0 unspecified atom stereocenters. The van der Waals surface area contributed by atoms with Crippen molar-refractivity contribution in [3.63, 3.8) is 0 Å². The van der Waals surface area contributed by atoms with Crippen LogP contribution in [0, 0.1) is 5.82 Å². The average molecular weight is 540 g/mol. The fourth-order valence-electron chi connectivity index (χ4n) is 3.55. The maximum Gasteiger partial charge on any atom is 0.278 e. The van der Waals surface area contributed by atoms with Gasteiger partial charge >= 0.3 is 0 Å². The lowest BCUT2D eigenvalue weighted by Crippen LogP contribution is -2.13. The summed E-state index contributed by atoms with van der Waals surface area (Å²) in [6.45, 7) is 0.471. The predicted molar refractivity (Wildman–Crippen MR) is 135 cm³/mol. The number of nitrogens with one attached hydrogen (secondary N) is 1. The molecular formula is C25H19ClFN5O4S. The molecule has 0 aliphatic rings. The summed E-state index contributed by atoms with van der Waals surface area (Å²) in [4.78, 5) is 8.63. The quantitative estimate of drug-likeness (QED) is 0.286. The number of rotatable bonds is 8.